The molecule has 2 amide bonds. The van der Waals surface area contributed by atoms with Crippen molar-refractivity contribution in [2.75, 3.05) is 18.5 Å². The monoisotopic (exact) mass is 450 g/mol. The average Bonchev–Trinajstić information content (AvgIpc) is 3.19. The average molecular weight is 450 g/mol. The number of hydrogen-bond donors (Lipinski definition) is 3. The Balaban J connectivity index is 1.67. The zero-order chi connectivity index (χ0) is 21.6. The van der Waals surface area contributed by atoms with E-state index < -0.39 is 40.8 Å². The maximum atomic E-state index is 12.7. The molecule has 0 aliphatic carbocycles. The maximum absolute atomic E-state index is 12.7. The van der Waals surface area contributed by atoms with Gasteiger partial charge in [0.05, 0.1) is 29.2 Å². The Morgan fingerprint density at radius 2 is 2.00 bits per heavy atom. The summed E-state index contributed by atoms with van der Waals surface area (Å²) < 4.78 is 19.6. The van der Waals surface area contributed by atoms with Crippen molar-refractivity contribution >= 4 is 51.1 Å². The van der Waals surface area contributed by atoms with Gasteiger partial charge in [0.2, 0.25) is 0 Å². The number of amides is 2. The Bertz CT molecular complexity index is 1090. The van der Waals surface area contributed by atoms with E-state index >= 15 is 0 Å². The first-order chi connectivity index (χ1) is 14.3. The van der Waals surface area contributed by atoms with Crippen LogP contribution >= 0.6 is 11.3 Å². The lowest BCUT2D eigenvalue weighted by Gasteiger charge is -2.26. The van der Waals surface area contributed by atoms with Crippen LogP contribution in [0.4, 0.5) is 5.00 Å². The number of benzene rings is 1. The van der Waals surface area contributed by atoms with E-state index in [-0.39, 0.29) is 30.1 Å². The highest BCUT2D eigenvalue weighted by Crippen LogP contribution is 2.42. The third-order valence-corrected chi connectivity index (χ3v) is 7.39. The Morgan fingerprint density at radius 3 is 2.67 bits per heavy atom. The number of hydrogen-bond acceptors (Lipinski definition) is 7. The summed E-state index contributed by atoms with van der Waals surface area (Å²) in [5, 5.41) is 20.4. The number of anilines is 1. The molecule has 156 valence electrons. The van der Waals surface area contributed by atoms with Gasteiger partial charge in [-0.15, -0.1) is 11.3 Å². The number of carbonyl (C=O) groups is 4. The van der Waals surface area contributed by atoms with Crippen LogP contribution in [0.15, 0.2) is 29.2 Å². The van der Waals surface area contributed by atoms with E-state index in [0.29, 0.717) is 20.9 Å². The number of nitrogens with zero attached hydrogens (tertiary/aromatic N) is 1. The van der Waals surface area contributed by atoms with E-state index in [2.05, 4.69) is 5.32 Å². The highest BCUT2D eigenvalue weighted by atomic mass is 32.2. The fourth-order valence-corrected chi connectivity index (χ4v) is 5.97. The van der Waals surface area contributed by atoms with Crippen molar-refractivity contribution < 1.29 is 38.3 Å². The highest BCUT2D eigenvalue weighted by Gasteiger charge is 2.39. The number of nitrogens with one attached hydrogen (secondary N) is 1. The molecule has 2 aliphatic rings. The van der Waals surface area contributed by atoms with Gasteiger partial charge in [0.25, 0.3) is 5.91 Å². The van der Waals surface area contributed by atoms with Gasteiger partial charge in [0.1, 0.15) is 11.1 Å². The predicted molar refractivity (Wildman–Crippen MR) is 104 cm³/mol. The lowest BCUT2D eigenvalue weighted by atomic mass is 10.0. The lowest BCUT2D eigenvalue weighted by Crippen LogP contribution is -2.33. The van der Waals surface area contributed by atoms with Gasteiger partial charge >= 0.3 is 17.8 Å². The first-order valence-electron chi connectivity index (χ1n) is 8.67. The van der Waals surface area contributed by atoms with Gasteiger partial charge < -0.3 is 20.3 Å². The number of aromatic carboxylic acids is 1. The number of carbonyl (C=O) groups excluding carboxylic acids is 2. The third kappa shape index (κ3) is 3.28. The highest BCUT2D eigenvalue weighted by molar-refractivity contribution is 7.84. The van der Waals surface area contributed by atoms with Crippen LogP contribution in [0.25, 0.3) is 0 Å². The van der Waals surface area contributed by atoms with Crippen LogP contribution in [0.5, 0.6) is 0 Å². The van der Waals surface area contributed by atoms with Gasteiger partial charge in [-0.1, -0.05) is 12.1 Å². The molecule has 4 rings (SSSR count). The summed E-state index contributed by atoms with van der Waals surface area (Å²) in [5.41, 5.74) is 0.535. The van der Waals surface area contributed by atoms with Gasteiger partial charge in [-0.3, -0.25) is 13.9 Å². The van der Waals surface area contributed by atoms with E-state index in [0.717, 1.165) is 15.6 Å². The molecule has 30 heavy (non-hydrogen) atoms. The molecule has 0 saturated heterocycles. The molecule has 2 atom stereocenters. The van der Waals surface area contributed by atoms with Gasteiger partial charge in [0, 0.05) is 4.88 Å². The first kappa shape index (κ1) is 20.2. The molecule has 1 aromatic heterocycles. The summed E-state index contributed by atoms with van der Waals surface area (Å²) in [6, 6.07) is 6.53. The van der Waals surface area contributed by atoms with Crippen molar-refractivity contribution in [2.24, 2.45) is 0 Å². The first-order valence-corrected chi connectivity index (χ1v) is 10.6. The van der Waals surface area contributed by atoms with E-state index in [1.54, 1.807) is 24.3 Å². The Hall–Kier alpha value is -3.09. The normalized spacial score (nSPS) is 19.9. The Kier molecular flexibility index (Phi) is 5.13. The SMILES string of the molecule is O=C(O)C(=O)Nc1sc2c(c1C(=O)O)CCOC2CN1C(=O)c2ccccc2S1=O. The van der Waals surface area contributed by atoms with Gasteiger partial charge in [-0.05, 0) is 24.1 Å². The summed E-state index contributed by atoms with van der Waals surface area (Å²) in [6.07, 6.45) is -0.529. The van der Waals surface area contributed by atoms with Crippen LogP contribution < -0.4 is 5.32 Å². The maximum Gasteiger partial charge on any atom is 0.394 e. The fraction of sp³-hybridized carbons (Fsp3) is 0.222. The van der Waals surface area contributed by atoms with Crippen LogP contribution in [0.1, 0.15) is 37.3 Å². The number of rotatable bonds is 4. The second-order valence-electron chi connectivity index (χ2n) is 6.43. The summed E-state index contributed by atoms with van der Waals surface area (Å²) in [7, 11) is -1.72. The number of carboxylic acids is 2. The number of aliphatic carboxylic acids is 1. The zero-order valence-corrected chi connectivity index (χ0v) is 16.7. The minimum atomic E-state index is -1.75. The molecule has 0 saturated carbocycles. The fourth-order valence-electron chi connectivity index (χ4n) is 3.40. The summed E-state index contributed by atoms with van der Waals surface area (Å²) in [5.74, 6) is -4.85. The molecule has 0 radical (unpaired) electrons. The van der Waals surface area contributed by atoms with Crippen LogP contribution in [0.2, 0.25) is 0 Å². The van der Waals surface area contributed by atoms with Gasteiger partial charge in [-0.2, -0.15) is 0 Å². The smallest absolute Gasteiger partial charge is 0.394 e. The molecule has 0 fully saturated rings. The standard InChI is InChI=1S/C18H14N2O8S2/c21-14(18(25)26)19-15-12(17(23)24)9-5-6-28-10(13(9)29-15)7-20-16(22)8-3-1-2-4-11(8)30(20)27/h1-4,10H,5-7H2,(H,19,21)(H,23,24)(H,25,26). The van der Waals surface area contributed by atoms with E-state index in [1.807, 2.05) is 0 Å². The van der Waals surface area contributed by atoms with Crippen molar-refractivity contribution in [2.45, 2.75) is 17.4 Å². The predicted octanol–water partition coefficient (Wildman–Crippen LogP) is 1.26. The quantitative estimate of drug-likeness (QED) is 0.589. The van der Waals surface area contributed by atoms with Crippen LogP contribution in [-0.2, 0) is 31.7 Å². The van der Waals surface area contributed by atoms with Crippen molar-refractivity contribution in [3.05, 3.63) is 45.8 Å². The number of carboxylic acid groups (broad SMARTS) is 2. The largest absolute Gasteiger partial charge is 0.478 e. The molecule has 2 aromatic rings. The molecule has 12 heteroatoms. The summed E-state index contributed by atoms with van der Waals surface area (Å²) >= 11 is 0.876. The topological polar surface area (TPSA) is 150 Å². The van der Waals surface area contributed by atoms with Crippen molar-refractivity contribution in [3.63, 3.8) is 0 Å². The van der Waals surface area contributed by atoms with Crippen molar-refractivity contribution in [1.29, 1.82) is 0 Å². The zero-order valence-electron chi connectivity index (χ0n) is 15.1. The number of ether oxygens (including phenoxy) is 1. The molecule has 0 bridgehead atoms. The molecule has 2 unspecified atom stereocenters. The molecule has 0 spiro atoms. The Labute approximate surface area is 175 Å². The summed E-state index contributed by atoms with van der Waals surface area (Å²) in [4.78, 5) is 47.7. The molecular weight excluding hydrogens is 436 g/mol. The van der Waals surface area contributed by atoms with Gasteiger partial charge in [0.15, 0.2) is 11.0 Å². The van der Waals surface area contributed by atoms with Crippen molar-refractivity contribution in [1.82, 2.24) is 4.31 Å². The van der Waals surface area contributed by atoms with E-state index in [9.17, 15) is 28.5 Å². The van der Waals surface area contributed by atoms with Crippen LogP contribution in [0, 0.1) is 0 Å². The lowest BCUT2D eigenvalue weighted by molar-refractivity contribution is -0.147. The van der Waals surface area contributed by atoms with Crippen molar-refractivity contribution in [3.8, 4) is 0 Å². The van der Waals surface area contributed by atoms with Crippen LogP contribution in [0.3, 0.4) is 0 Å². The second-order valence-corrected chi connectivity index (χ2v) is 8.87. The summed E-state index contributed by atoms with van der Waals surface area (Å²) in [6.45, 7) is 0.0711. The molecular formula is C18H14N2O8S2. The van der Waals surface area contributed by atoms with Crippen LogP contribution in [-0.4, -0.2) is 55.6 Å². The van der Waals surface area contributed by atoms with Gasteiger partial charge in [-0.25, -0.2) is 13.8 Å². The number of thiophene rings is 1. The molecule has 1 aromatic carbocycles. The minimum absolute atomic E-state index is 0.0843. The second kappa shape index (κ2) is 7.63. The molecule has 10 nitrogen and oxygen atoms in total. The molecule has 3 heterocycles. The van der Waals surface area contributed by atoms with E-state index in [1.165, 1.54) is 0 Å². The Morgan fingerprint density at radius 1 is 1.27 bits per heavy atom. The number of fused-ring (bicyclic) bond motifs is 2. The third-order valence-electron chi connectivity index (χ3n) is 4.70. The molecule has 3 N–H and O–H groups in total. The molecule has 2 aliphatic heterocycles. The van der Waals surface area contributed by atoms with E-state index in [4.69, 9.17) is 9.84 Å². The minimum Gasteiger partial charge on any atom is -0.478 e.